The highest BCUT2D eigenvalue weighted by Gasteiger charge is 2.31. The van der Waals surface area contributed by atoms with Crippen molar-refractivity contribution >= 4 is 45.5 Å². The maximum Gasteiger partial charge on any atom is 0.100 e. The van der Waals surface area contributed by atoms with E-state index < -0.39 is 0 Å². The minimum absolute atomic E-state index is 0.642. The lowest BCUT2D eigenvalue weighted by molar-refractivity contribution is 0.977. The summed E-state index contributed by atoms with van der Waals surface area (Å²) in [5, 5.41) is 10.0. The largest absolute Gasteiger partial charge is 0.321 e. The zero-order valence-corrected chi connectivity index (χ0v) is 20.8. The lowest BCUT2D eigenvalue weighted by Gasteiger charge is -2.26. The van der Waals surface area contributed by atoms with Gasteiger partial charge in [-0.15, -0.1) is 0 Å². The normalized spacial score (nSPS) is 13.9. The lowest BCUT2D eigenvalue weighted by Crippen LogP contribution is -2.25. The van der Waals surface area contributed by atoms with Crippen molar-refractivity contribution in [3.05, 3.63) is 133 Å². The zero-order valence-electron chi connectivity index (χ0n) is 20.8. The molecule has 0 bridgehead atoms. The number of rotatable bonds is 4. The monoisotopic (exact) mass is 491 g/mol. The van der Waals surface area contributed by atoms with E-state index in [1.807, 2.05) is 24.3 Å². The quantitative estimate of drug-likeness (QED) is 0.254. The van der Waals surface area contributed by atoms with Crippen LogP contribution in [0.25, 0.3) is 0 Å². The van der Waals surface area contributed by atoms with Gasteiger partial charge in [-0.05, 0) is 66.7 Å². The summed E-state index contributed by atoms with van der Waals surface area (Å²) in [6, 6.07) is 46.4. The van der Waals surface area contributed by atoms with Crippen molar-refractivity contribution in [1.82, 2.24) is 0 Å². The van der Waals surface area contributed by atoms with Crippen molar-refractivity contribution in [1.29, 1.82) is 5.26 Å². The predicted octanol–water partition coefficient (Wildman–Crippen LogP) is 8.05. The molecule has 0 aliphatic carbocycles. The molecule has 0 saturated heterocycles. The fourth-order valence-corrected chi connectivity index (χ4v) is 5.50. The Balaban J connectivity index is 1.31. The molecular formula is C33H25N5. The van der Waals surface area contributed by atoms with Crippen molar-refractivity contribution in [2.24, 2.45) is 0 Å². The number of hydrogen-bond acceptors (Lipinski definition) is 5. The highest BCUT2D eigenvalue weighted by atomic mass is 15.4. The van der Waals surface area contributed by atoms with Crippen molar-refractivity contribution < 1.29 is 0 Å². The summed E-state index contributed by atoms with van der Waals surface area (Å²) in [5.41, 5.74) is 9.51. The summed E-state index contributed by atoms with van der Waals surface area (Å²) in [4.78, 5) is 9.22. The van der Waals surface area contributed by atoms with Gasteiger partial charge in [0.15, 0.2) is 0 Å². The molecule has 5 aromatic rings. The highest BCUT2D eigenvalue weighted by molar-refractivity contribution is 5.90. The van der Waals surface area contributed by atoms with Crippen LogP contribution in [-0.4, -0.2) is 13.3 Å². The van der Waals surface area contributed by atoms with E-state index in [1.54, 1.807) is 0 Å². The number of nitriles is 1. The number of para-hydroxylation sites is 6. The van der Waals surface area contributed by atoms with Crippen LogP contribution in [0.4, 0.5) is 45.5 Å². The van der Waals surface area contributed by atoms with E-state index in [9.17, 15) is 5.26 Å². The SMILES string of the molecule is N#Cc1cc(N2CN(c3ccccc3)c3ccccc32)cc(N2CN(c3ccccc3)c3ccccc32)c1. The van der Waals surface area contributed by atoms with Gasteiger partial charge in [0.25, 0.3) is 0 Å². The Morgan fingerprint density at radius 1 is 0.421 bits per heavy atom. The van der Waals surface area contributed by atoms with Crippen LogP contribution in [-0.2, 0) is 0 Å². The molecule has 182 valence electrons. The van der Waals surface area contributed by atoms with Gasteiger partial charge in [0.2, 0.25) is 0 Å². The van der Waals surface area contributed by atoms with E-state index in [1.165, 1.54) is 0 Å². The Morgan fingerprint density at radius 3 is 1.13 bits per heavy atom. The van der Waals surface area contributed by atoms with E-state index in [0.29, 0.717) is 18.9 Å². The summed E-state index contributed by atoms with van der Waals surface area (Å²) in [6.07, 6.45) is 0. The summed E-state index contributed by atoms with van der Waals surface area (Å²) in [6.45, 7) is 1.34. The molecule has 7 rings (SSSR count). The molecular weight excluding hydrogens is 466 g/mol. The standard InChI is InChI=1S/C33H25N5/c34-22-25-19-28(37-23-35(26-11-3-1-4-12-26)30-15-7-9-17-32(30)37)21-29(20-25)38-24-36(27-13-5-2-6-14-27)31-16-8-10-18-33(31)38/h1-21H,23-24H2. The Bertz CT molecular complexity index is 1540. The first kappa shape index (κ1) is 22.0. The number of anilines is 8. The predicted molar refractivity (Wildman–Crippen MR) is 155 cm³/mol. The summed E-state index contributed by atoms with van der Waals surface area (Å²) >= 11 is 0. The Labute approximate surface area is 222 Å². The maximum absolute atomic E-state index is 10.0. The van der Waals surface area contributed by atoms with E-state index >= 15 is 0 Å². The molecule has 2 aliphatic heterocycles. The number of fused-ring (bicyclic) bond motifs is 2. The molecule has 0 radical (unpaired) electrons. The van der Waals surface area contributed by atoms with Gasteiger partial charge >= 0.3 is 0 Å². The molecule has 0 N–H and O–H groups in total. The molecule has 0 unspecified atom stereocenters. The number of benzene rings is 5. The number of hydrogen-bond donors (Lipinski definition) is 0. The van der Waals surface area contributed by atoms with Crippen LogP contribution in [0, 0.1) is 11.3 Å². The van der Waals surface area contributed by atoms with Crippen LogP contribution in [0.1, 0.15) is 5.56 Å². The third kappa shape index (κ3) is 3.63. The van der Waals surface area contributed by atoms with Gasteiger partial charge < -0.3 is 19.6 Å². The van der Waals surface area contributed by atoms with Crippen LogP contribution < -0.4 is 19.6 Å². The average molecular weight is 492 g/mol. The molecule has 0 aromatic heterocycles. The van der Waals surface area contributed by atoms with Crippen molar-refractivity contribution in [2.45, 2.75) is 0 Å². The lowest BCUT2D eigenvalue weighted by atomic mass is 10.1. The van der Waals surface area contributed by atoms with E-state index in [4.69, 9.17) is 0 Å². The van der Waals surface area contributed by atoms with Crippen molar-refractivity contribution in [2.75, 3.05) is 32.9 Å². The van der Waals surface area contributed by atoms with Gasteiger partial charge in [0.1, 0.15) is 13.3 Å². The van der Waals surface area contributed by atoms with E-state index in [2.05, 4.69) is 129 Å². The fourth-order valence-electron chi connectivity index (χ4n) is 5.50. The summed E-state index contributed by atoms with van der Waals surface area (Å²) < 4.78 is 0. The Morgan fingerprint density at radius 2 is 0.763 bits per heavy atom. The first-order chi connectivity index (χ1) is 18.8. The van der Waals surface area contributed by atoms with Gasteiger partial charge in [0.05, 0.1) is 34.4 Å². The smallest absolute Gasteiger partial charge is 0.100 e. The molecule has 0 amide bonds. The zero-order chi connectivity index (χ0) is 25.5. The fraction of sp³-hybridized carbons (Fsp3) is 0.0606. The molecule has 2 heterocycles. The summed E-state index contributed by atoms with van der Waals surface area (Å²) in [5.74, 6) is 0. The average Bonchev–Trinajstić information content (AvgIpc) is 3.58. The molecule has 5 heteroatoms. The van der Waals surface area contributed by atoms with Gasteiger partial charge in [-0.25, -0.2) is 0 Å². The van der Waals surface area contributed by atoms with Crippen LogP contribution in [0.2, 0.25) is 0 Å². The van der Waals surface area contributed by atoms with Gasteiger partial charge in [-0.2, -0.15) is 5.26 Å². The maximum atomic E-state index is 10.0. The highest BCUT2D eigenvalue weighted by Crippen LogP contribution is 2.47. The third-order valence-corrected chi connectivity index (χ3v) is 7.28. The molecule has 0 spiro atoms. The van der Waals surface area contributed by atoms with Crippen LogP contribution in [0.15, 0.2) is 127 Å². The topological polar surface area (TPSA) is 36.8 Å². The van der Waals surface area contributed by atoms with Crippen molar-refractivity contribution in [3.63, 3.8) is 0 Å². The second kappa shape index (κ2) is 9.02. The first-order valence-electron chi connectivity index (χ1n) is 12.7. The summed E-state index contributed by atoms with van der Waals surface area (Å²) in [7, 11) is 0. The molecule has 2 aliphatic rings. The molecule has 0 fully saturated rings. The first-order valence-corrected chi connectivity index (χ1v) is 12.7. The van der Waals surface area contributed by atoms with Gasteiger partial charge in [-0.3, -0.25) is 0 Å². The Hall–Kier alpha value is -5.21. The second-order valence-corrected chi connectivity index (χ2v) is 9.49. The molecule has 0 atom stereocenters. The van der Waals surface area contributed by atoms with E-state index in [0.717, 1.165) is 45.5 Å². The minimum Gasteiger partial charge on any atom is -0.321 e. The minimum atomic E-state index is 0.642. The van der Waals surface area contributed by atoms with Crippen LogP contribution >= 0.6 is 0 Å². The number of nitrogens with zero attached hydrogens (tertiary/aromatic N) is 5. The van der Waals surface area contributed by atoms with Crippen LogP contribution in [0.3, 0.4) is 0 Å². The molecule has 38 heavy (non-hydrogen) atoms. The van der Waals surface area contributed by atoms with Gasteiger partial charge in [0, 0.05) is 22.7 Å². The van der Waals surface area contributed by atoms with Gasteiger partial charge in [-0.1, -0.05) is 60.7 Å². The second-order valence-electron chi connectivity index (χ2n) is 9.49. The van der Waals surface area contributed by atoms with Crippen molar-refractivity contribution in [3.8, 4) is 6.07 Å². The Kier molecular flexibility index (Phi) is 5.23. The molecule has 5 nitrogen and oxygen atoms in total. The molecule has 5 aromatic carbocycles. The van der Waals surface area contributed by atoms with E-state index in [-0.39, 0.29) is 0 Å². The van der Waals surface area contributed by atoms with Crippen LogP contribution in [0.5, 0.6) is 0 Å². The third-order valence-electron chi connectivity index (χ3n) is 7.28. The molecule has 0 saturated carbocycles.